The minimum Gasteiger partial charge on any atom is -0.346 e. The number of hydrogen-bond acceptors (Lipinski definition) is 3. The molecule has 0 radical (unpaired) electrons. The Morgan fingerprint density at radius 3 is 2.08 bits per heavy atom. The van der Waals surface area contributed by atoms with Gasteiger partial charge in [0.25, 0.3) is 5.91 Å². The fourth-order valence-electron chi connectivity index (χ4n) is 2.60. The van der Waals surface area contributed by atoms with E-state index < -0.39 is 10.0 Å². The third-order valence-electron chi connectivity index (χ3n) is 4.11. The van der Waals surface area contributed by atoms with E-state index in [4.69, 9.17) is 0 Å². The Morgan fingerprint density at radius 1 is 1.00 bits per heavy atom. The molecule has 0 saturated carbocycles. The molecule has 0 heterocycles. The predicted molar refractivity (Wildman–Crippen MR) is 98.9 cm³/mol. The standard InChI is InChI=1S/C19H24N2O3S/c1-4-21(5-2)25(23,24)18-13-11-17(12-14-18)19(22)20-15(3)16-9-7-6-8-10-16/h6-15H,4-5H2,1-3H3,(H,20,22)/t15-/m1/s1. The summed E-state index contributed by atoms with van der Waals surface area (Å²) in [5.74, 6) is -0.233. The van der Waals surface area contributed by atoms with Crippen LogP contribution in [0.3, 0.4) is 0 Å². The van der Waals surface area contributed by atoms with Crippen LogP contribution in [0.4, 0.5) is 0 Å². The summed E-state index contributed by atoms with van der Waals surface area (Å²) in [6, 6.07) is 15.6. The van der Waals surface area contributed by atoms with Gasteiger partial charge in [0.05, 0.1) is 10.9 Å². The highest BCUT2D eigenvalue weighted by atomic mass is 32.2. The van der Waals surface area contributed by atoms with Crippen LogP contribution >= 0.6 is 0 Å². The number of carbonyl (C=O) groups excluding carboxylic acids is 1. The molecule has 0 aliphatic carbocycles. The summed E-state index contributed by atoms with van der Waals surface area (Å²) in [6.07, 6.45) is 0. The van der Waals surface area contributed by atoms with E-state index in [0.29, 0.717) is 18.7 Å². The van der Waals surface area contributed by atoms with Gasteiger partial charge in [0.1, 0.15) is 0 Å². The van der Waals surface area contributed by atoms with Crippen molar-refractivity contribution in [2.75, 3.05) is 13.1 Å². The number of nitrogens with one attached hydrogen (secondary N) is 1. The molecule has 25 heavy (non-hydrogen) atoms. The molecule has 1 N–H and O–H groups in total. The lowest BCUT2D eigenvalue weighted by Gasteiger charge is -2.18. The molecule has 0 aliphatic rings. The van der Waals surface area contributed by atoms with Crippen molar-refractivity contribution in [3.05, 3.63) is 65.7 Å². The molecule has 1 amide bonds. The molecule has 0 aliphatic heterocycles. The zero-order chi connectivity index (χ0) is 18.4. The van der Waals surface area contributed by atoms with E-state index in [9.17, 15) is 13.2 Å². The van der Waals surface area contributed by atoms with E-state index >= 15 is 0 Å². The second kappa shape index (κ2) is 8.27. The zero-order valence-corrected chi connectivity index (χ0v) is 15.6. The van der Waals surface area contributed by atoms with E-state index in [0.717, 1.165) is 5.56 Å². The van der Waals surface area contributed by atoms with Gasteiger partial charge in [-0.2, -0.15) is 4.31 Å². The van der Waals surface area contributed by atoms with Crippen LogP contribution in [-0.2, 0) is 10.0 Å². The summed E-state index contributed by atoms with van der Waals surface area (Å²) in [7, 11) is -3.51. The summed E-state index contributed by atoms with van der Waals surface area (Å²) in [5, 5.41) is 2.92. The molecule has 2 aromatic rings. The molecule has 2 rings (SSSR count). The Bertz CT molecular complexity index is 798. The minimum atomic E-state index is -3.51. The number of rotatable bonds is 7. The molecule has 6 heteroatoms. The van der Waals surface area contributed by atoms with Crippen molar-refractivity contribution < 1.29 is 13.2 Å². The van der Waals surface area contributed by atoms with Gasteiger partial charge in [-0.25, -0.2) is 8.42 Å². The first kappa shape index (κ1) is 19.1. The quantitative estimate of drug-likeness (QED) is 0.824. The molecule has 134 valence electrons. The van der Waals surface area contributed by atoms with Crippen molar-refractivity contribution in [1.29, 1.82) is 0 Å². The van der Waals surface area contributed by atoms with Gasteiger partial charge in [0.15, 0.2) is 0 Å². The molecule has 0 bridgehead atoms. The average molecular weight is 360 g/mol. The first-order valence-electron chi connectivity index (χ1n) is 8.36. The normalized spacial score (nSPS) is 12.8. The molecule has 0 unspecified atom stereocenters. The maximum atomic E-state index is 12.5. The molecule has 0 spiro atoms. The van der Waals surface area contributed by atoms with Crippen molar-refractivity contribution in [1.82, 2.24) is 9.62 Å². The Morgan fingerprint density at radius 2 is 1.56 bits per heavy atom. The second-order valence-corrected chi connectivity index (χ2v) is 7.66. The average Bonchev–Trinajstić information content (AvgIpc) is 2.63. The van der Waals surface area contributed by atoms with E-state index in [1.54, 1.807) is 26.0 Å². The van der Waals surface area contributed by atoms with Gasteiger partial charge in [-0.3, -0.25) is 4.79 Å². The maximum Gasteiger partial charge on any atom is 0.251 e. The zero-order valence-electron chi connectivity index (χ0n) is 14.8. The third kappa shape index (κ3) is 4.46. The number of hydrogen-bond donors (Lipinski definition) is 1. The topological polar surface area (TPSA) is 66.5 Å². The van der Waals surface area contributed by atoms with E-state index in [-0.39, 0.29) is 16.8 Å². The molecule has 0 aromatic heterocycles. The van der Waals surface area contributed by atoms with Crippen LogP contribution in [0.15, 0.2) is 59.5 Å². The molecule has 5 nitrogen and oxygen atoms in total. The minimum absolute atomic E-state index is 0.132. The highest BCUT2D eigenvalue weighted by Crippen LogP contribution is 2.17. The first-order valence-corrected chi connectivity index (χ1v) is 9.80. The Kier molecular flexibility index (Phi) is 6.33. The highest BCUT2D eigenvalue weighted by Gasteiger charge is 2.21. The third-order valence-corrected chi connectivity index (χ3v) is 6.17. The molecule has 0 fully saturated rings. The van der Waals surface area contributed by atoms with Gasteiger partial charge in [-0.05, 0) is 36.8 Å². The van der Waals surface area contributed by atoms with Crippen LogP contribution in [0.1, 0.15) is 42.7 Å². The van der Waals surface area contributed by atoms with Crippen LogP contribution in [0.2, 0.25) is 0 Å². The number of nitrogens with zero attached hydrogens (tertiary/aromatic N) is 1. The van der Waals surface area contributed by atoms with Gasteiger partial charge in [0.2, 0.25) is 10.0 Å². The van der Waals surface area contributed by atoms with Gasteiger partial charge in [-0.1, -0.05) is 44.2 Å². The fourth-order valence-corrected chi connectivity index (χ4v) is 4.05. The largest absolute Gasteiger partial charge is 0.346 e. The Labute approximate surface area is 149 Å². The van der Waals surface area contributed by atoms with Crippen LogP contribution in [-0.4, -0.2) is 31.7 Å². The lowest BCUT2D eigenvalue weighted by Crippen LogP contribution is -2.30. The Hall–Kier alpha value is -2.18. The smallest absolute Gasteiger partial charge is 0.251 e. The molecule has 1 atom stereocenters. The van der Waals surface area contributed by atoms with Crippen molar-refractivity contribution >= 4 is 15.9 Å². The van der Waals surface area contributed by atoms with Gasteiger partial charge in [0, 0.05) is 18.7 Å². The number of carbonyl (C=O) groups is 1. The van der Waals surface area contributed by atoms with Crippen LogP contribution in [0, 0.1) is 0 Å². The Balaban J connectivity index is 2.13. The lowest BCUT2D eigenvalue weighted by atomic mass is 10.1. The fraction of sp³-hybridized carbons (Fsp3) is 0.316. The van der Waals surface area contributed by atoms with Crippen molar-refractivity contribution in [3.63, 3.8) is 0 Å². The van der Waals surface area contributed by atoms with Crippen LogP contribution in [0.25, 0.3) is 0 Å². The van der Waals surface area contributed by atoms with Crippen molar-refractivity contribution in [2.24, 2.45) is 0 Å². The first-order chi connectivity index (χ1) is 11.9. The molecule has 2 aromatic carbocycles. The number of sulfonamides is 1. The van der Waals surface area contributed by atoms with Crippen LogP contribution < -0.4 is 5.32 Å². The maximum absolute atomic E-state index is 12.5. The summed E-state index contributed by atoms with van der Waals surface area (Å²) in [4.78, 5) is 12.6. The van der Waals surface area contributed by atoms with E-state index in [1.165, 1.54) is 16.4 Å². The predicted octanol–water partition coefficient (Wildman–Crippen LogP) is 3.21. The monoisotopic (exact) mass is 360 g/mol. The summed E-state index contributed by atoms with van der Waals surface area (Å²) >= 11 is 0. The summed E-state index contributed by atoms with van der Waals surface area (Å²) in [5.41, 5.74) is 1.44. The van der Waals surface area contributed by atoms with Gasteiger partial charge >= 0.3 is 0 Å². The lowest BCUT2D eigenvalue weighted by molar-refractivity contribution is 0.0940. The SMILES string of the molecule is CCN(CC)S(=O)(=O)c1ccc(C(=O)N[C@H](C)c2ccccc2)cc1. The number of benzene rings is 2. The van der Waals surface area contributed by atoms with Crippen LogP contribution in [0.5, 0.6) is 0 Å². The number of amides is 1. The van der Waals surface area contributed by atoms with Crippen molar-refractivity contribution in [3.8, 4) is 0 Å². The summed E-state index contributed by atoms with van der Waals surface area (Å²) in [6.45, 7) is 6.33. The van der Waals surface area contributed by atoms with Crippen molar-refractivity contribution in [2.45, 2.75) is 31.7 Å². The molecular weight excluding hydrogens is 336 g/mol. The van der Waals surface area contributed by atoms with Gasteiger partial charge < -0.3 is 5.32 Å². The van der Waals surface area contributed by atoms with E-state index in [2.05, 4.69) is 5.32 Å². The van der Waals surface area contributed by atoms with E-state index in [1.807, 2.05) is 37.3 Å². The van der Waals surface area contributed by atoms with Gasteiger partial charge in [-0.15, -0.1) is 0 Å². The molecular formula is C19H24N2O3S. The highest BCUT2D eigenvalue weighted by molar-refractivity contribution is 7.89. The summed E-state index contributed by atoms with van der Waals surface area (Å²) < 4.78 is 26.3. The molecule has 0 saturated heterocycles. The second-order valence-electron chi connectivity index (χ2n) is 5.72.